The maximum absolute atomic E-state index is 13.9. The zero-order chi connectivity index (χ0) is 15.5. The molecule has 0 aromatic carbocycles. The first kappa shape index (κ1) is 16.2. The SMILES string of the molecule is CNc1nccc(C(=O)N(CC(F)(F)F)C(C)C)c1F. The first-order valence-corrected chi connectivity index (χ1v) is 5.87. The number of rotatable bonds is 4. The van der Waals surface area contributed by atoms with E-state index in [0.29, 0.717) is 4.90 Å². The third kappa shape index (κ3) is 3.82. The van der Waals surface area contributed by atoms with Gasteiger partial charge in [0.15, 0.2) is 11.6 Å². The molecule has 20 heavy (non-hydrogen) atoms. The van der Waals surface area contributed by atoms with Crippen molar-refractivity contribution >= 4 is 11.7 Å². The summed E-state index contributed by atoms with van der Waals surface area (Å²) in [6, 6.07) is 0.347. The van der Waals surface area contributed by atoms with Gasteiger partial charge >= 0.3 is 6.18 Å². The molecule has 0 spiro atoms. The van der Waals surface area contributed by atoms with Crippen molar-refractivity contribution in [3.8, 4) is 0 Å². The van der Waals surface area contributed by atoms with E-state index >= 15 is 0 Å². The van der Waals surface area contributed by atoms with E-state index in [2.05, 4.69) is 10.3 Å². The van der Waals surface area contributed by atoms with Crippen LogP contribution in [-0.2, 0) is 0 Å². The molecular weight excluding hydrogens is 278 g/mol. The van der Waals surface area contributed by atoms with Crippen molar-refractivity contribution in [1.29, 1.82) is 0 Å². The fraction of sp³-hybridized carbons (Fsp3) is 0.500. The second-order valence-corrected chi connectivity index (χ2v) is 4.41. The molecule has 1 rings (SSSR count). The van der Waals surface area contributed by atoms with E-state index < -0.39 is 36.1 Å². The fourth-order valence-electron chi connectivity index (χ4n) is 1.62. The average molecular weight is 293 g/mol. The van der Waals surface area contributed by atoms with Gasteiger partial charge in [-0.2, -0.15) is 13.2 Å². The minimum Gasteiger partial charge on any atom is -0.371 e. The summed E-state index contributed by atoms with van der Waals surface area (Å²) < 4.78 is 51.4. The van der Waals surface area contributed by atoms with E-state index in [1.54, 1.807) is 0 Å². The molecule has 0 aliphatic carbocycles. The molecule has 0 unspecified atom stereocenters. The summed E-state index contributed by atoms with van der Waals surface area (Å²) in [7, 11) is 1.40. The average Bonchev–Trinajstić information content (AvgIpc) is 2.34. The number of carbonyl (C=O) groups excluding carboxylic acids is 1. The summed E-state index contributed by atoms with van der Waals surface area (Å²) in [5, 5.41) is 2.43. The smallest absolute Gasteiger partial charge is 0.371 e. The zero-order valence-electron chi connectivity index (χ0n) is 11.3. The van der Waals surface area contributed by atoms with Crippen LogP contribution in [0.2, 0.25) is 0 Å². The predicted molar refractivity (Wildman–Crippen MR) is 66.0 cm³/mol. The van der Waals surface area contributed by atoms with Crippen LogP contribution in [0.3, 0.4) is 0 Å². The van der Waals surface area contributed by atoms with Crippen LogP contribution in [0, 0.1) is 5.82 Å². The van der Waals surface area contributed by atoms with Crippen LogP contribution in [0.5, 0.6) is 0 Å². The molecule has 0 saturated heterocycles. The number of amides is 1. The van der Waals surface area contributed by atoms with Crippen LogP contribution in [-0.4, -0.2) is 41.6 Å². The van der Waals surface area contributed by atoms with Crippen LogP contribution in [0.4, 0.5) is 23.4 Å². The van der Waals surface area contributed by atoms with Gasteiger partial charge in [0.05, 0.1) is 5.56 Å². The summed E-state index contributed by atoms with van der Waals surface area (Å²) in [5.41, 5.74) is -0.442. The minimum atomic E-state index is -4.55. The lowest BCUT2D eigenvalue weighted by Gasteiger charge is -2.28. The fourth-order valence-corrected chi connectivity index (χ4v) is 1.62. The van der Waals surface area contributed by atoms with Gasteiger partial charge in [-0.25, -0.2) is 9.37 Å². The molecule has 8 heteroatoms. The molecule has 0 fully saturated rings. The van der Waals surface area contributed by atoms with Crippen LogP contribution in [0.1, 0.15) is 24.2 Å². The maximum atomic E-state index is 13.9. The largest absolute Gasteiger partial charge is 0.406 e. The van der Waals surface area contributed by atoms with Crippen molar-refractivity contribution in [2.24, 2.45) is 0 Å². The Hall–Kier alpha value is -1.86. The van der Waals surface area contributed by atoms with Crippen LogP contribution < -0.4 is 5.32 Å². The maximum Gasteiger partial charge on any atom is 0.406 e. The second kappa shape index (κ2) is 6.06. The van der Waals surface area contributed by atoms with Gasteiger partial charge in [0.25, 0.3) is 5.91 Å². The van der Waals surface area contributed by atoms with E-state index in [4.69, 9.17) is 0 Å². The molecule has 1 amide bonds. The van der Waals surface area contributed by atoms with Gasteiger partial charge in [-0.1, -0.05) is 0 Å². The molecule has 0 aliphatic heterocycles. The molecule has 1 heterocycles. The topological polar surface area (TPSA) is 45.2 Å². The van der Waals surface area contributed by atoms with Crippen LogP contribution in [0.25, 0.3) is 0 Å². The number of nitrogens with one attached hydrogen (secondary N) is 1. The number of halogens is 4. The molecule has 1 aromatic heterocycles. The number of aromatic nitrogens is 1. The molecule has 4 nitrogen and oxygen atoms in total. The Morgan fingerprint density at radius 2 is 2.05 bits per heavy atom. The Labute approximate surface area is 113 Å². The minimum absolute atomic E-state index is 0.188. The van der Waals surface area contributed by atoms with Crippen molar-refractivity contribution in [2.75, 3.05) is 18.9 Å². The summed E-state index contributed by atoms with van der Waals surface area (Å²) in [5.74, 6) is -2.17. The van der Waals surface area contributed by atoms with Crippen LogP contribution >= 0.6 is 0 Å². The quantitative estimate of drug-likeness (QED) is 0.868. The first-order chi connectivity index (χ1) is 9.17. The van der Waals surface area contributed by atoms with Crippen molar-refractivity contribution in [3.05, 3.63) is 23.6 Å². The third-order valence-corrected chi connectivity index (χ3v) is 2.59. The number of alkyl halides is 3. The highest BCUT2D eigenvalue weighted by atomic mass is 19.4. The van der Waals surface area contributed by atoms with Crippen molar-refractivity contribution in [3.63, 3.8) is 0 Å². The highest BCUT2D eigenvalue weighted by Gasteiger charge is 2.35. The van der Waals surface area contributed by atoms with E-state index in [9.17, 15) is 22.4 Å². The first-order valence-electron chi connectivity index (χ1n) is 5.87. The van der Waals surface area contributed by atoms with Crippen molar-refractivity contribution < 1.29 is 22.4 Å². The number of pyridine rings is 1. The second-order valence-electron chi connectivity index (χ2n) is 4.41. The summed E-state index contributed by atoms with van der Waals surface area (Å²) >= 11 is 0. The van der Waals surface area contributed by atoms with Crippen molar-refractivity contribution in [2.45, 2.75) is 26.1 Å². The number of hydrogen-bond acceptors (Lipinski definition) is 3. The molecule has 0 bridgehead atoms. The lowest BCUT2D eigenvalue weighted by molar-refractivity contribution is -0.143. The highest BCUT2D eigenvalue weighted by molar-refractivity contribution is 5.95. The Kier molecular flexibility index (Phi) is 4.91. The molecule has 0 aliphatic rings. The zero-order valence-corrected chi connectivity index (χ0v) is 11.3. The highest BCUT2D eigenvalue weighted by Crippen LogP contribution is 2.22. The van der Waals surface area contributed by atoms with Gasteiger partial charge in [-0.3, -0.25) is 4.79 Å². The predicted octanol–water partition coefficient (Wildman–Crippen LogP) is 2.68. The van der Waals surface area contributed by atoms with Gasteiger partial charge in [-0.05, 0) is 19.9 Å². The van der Waals surface area contributed by atoms with Crippen LogP contribution in [0.15, 0.2) is 12.3 Å². The molecular formula is C12H15F4N3O. The molecule has 0 atom stereocenters. The lowest BCUT2D eigenvalue weighted by atomic mass is 10.2. The van der Waals surface area contributed by atoms with E-state index in [-0.39, 0.29) is 5.82 Å². The van der Waals surface area contributed by atoms with Gasteiger partial charge in [0, 0.05) is 19.3 Å². The summed E-state index contributed by atoms with van der Waals surface area (Å²) in [4.78, 5) is 16.3. The molecule has 1 aromatic rings. The number of hydrogen-bond donors (Lipinski definition) is 1. The van der Waals surface area contributed by atoms with Gasteiger partial charge < -0.3 is 10.2 Å². The number of nitrogens with zero attached hydrogens (tertiary/aromatic N) is 2. The summed E-state index contributed by atoms with van der Waals surface area (Å²) in [6.07, 6.45) is -3.39. The van der Waals surface area contributed by atoms with E-state index in [1.807, 2.05) is 0 Å². The third-order valence-electron chi connectivity index (χ3n) is 2.59. The standard InChI is InChI=1S/C12H15F4N3O/c1-7(2)19(6-12(14,15)16)11(20)8-4-5-18-10(17-3)9(8)13/h4-5,7H,6H2,1-3H3,(H,17,18). The normalized spacial score (nSPS) is 11.6. The molecule has 112 valence electrons. The van der Waals surface area contributed by atoms with E-state index in [1.165, 1.54) is 20.9 Å². The Bertz CT molecular complexity index is 488. The Balaban J connectivity index is 3.13. The Morgan fingerprint density at radius 3 is 2.50 bits per heavy atom. The van der Waals surface area contributed by atoms with E-state index in [0.717, 1.165) is 12.3 Å². The summed E-state index contributed by atoms with van der Waals surface area (Å²) in [6.45, 7) is 1.43. The molecule has 1 N–H and O–H groups in total. The van der Waals surface area contributed by atoms with Gasteiger partial charge in [-0.15, -0.1) is 0 Å². The molecule has 0 radical (unpaired) electrons. The van der Waals surface area contributed by atoms with Gasteiger partial charge in [0.1, 0.15) is 6.54 Å². The molecule has 0 saturated carbocycles. The number of carbonyl (C=O) groups is 1. The van der Waals surface area contributed by atoms with Crippen molar-refractivity contribution in [1.82, 2.24) is 9.88 Å². The Morgan fingerprint density at radius 1 is 1.45 bits per heavy atom. The monoisotopic (exact) mass is 293 g/mol. The van der Waals surface area contributed by atoms with Gasteiger partial charge in [0.2, 0.25) is 0 Å². The number of anilines is 1. The lowest BCUT2D eigenvalue weighted by Crippen LogP contribution is -2.43.